The quantitative estimate of drug-likeness (QED) is 0.467. The molecule has 2 heteroatoms. The smallest absolute Gasteiger partial charge is 0.0194 e. The monoisotopic (exact) mass is 176 g/mol. The van der Waals surface area contributed by atoms with Crippen LogP contribution < -0.4 is 0 Å². The van der Waals surface area contributed by atoms with Gasteiger partial charge in [0.15, 0.2) is 0 Å². The molecule has 0 bridgehead atoms. The van der Waals surface area contributed by atoms with Gasteiger partial charge in [-0.3, -0.25) is 0 Å². The molecule has 0 N–H and O–H groups in total. The van der Waals surface area contributed by atoms with E-state index in [-0.39, 0.29) is 0 Å². The van der Waals surface area contributed by atoms with Crippen LogP contribution in [0.25, 0.3) is 0 Å². The number of hydrogen-bond acceptors (Lipinski definition) is 2. The predicted octanol–water partition coefficient (Wildman–Crippen LogP) is 2.96. The van der Waals surface area contributed by atoms with E-state index in [0.29, 0.717) is 10.5 Å². The van der Waals surface area contributed by atoms with Gasteiger partial charge in [-0.15, -0.1) is 6.58 Å². The first-order valence-corrected chi connectivity index (χ1v) is 4.72. The van der Waals surface area contributed by atoms with E-state index in [0.717, 1.165) is 19.3 Å². The van der Waals surface area contributed by atoms with Crippen LogP contribution in [0.1, 0.15) is 26.2 Å². The second kappa shape index (κ2) is 6.17. The minimum atomic E-state index is 0.348. The van der Waals surface area contributed by atoms with Crippen LogP contribution in [0.2, 0.25) is 0 Å². The Morgan fingerprint density at radius 3 is 2.40 bits per heavy atom. The molecule has 2 unspecified atom stereocenters. The SMILES string of the molecule is C=CC(S)CCC(S)CC. The van der Waals surface area contributed by atoms with Gasteiger partial charge in [-0.05, 0) is 19.3 Å². The molecular formula is C8H16S2. The van der Waals surface area contributed by atoms with Crippen LogP contribution in [-0.4, -0.2) is 10.5 Å². The summed E-state index contributed by atoms with van der Waals surface area (Å²) in [5.41, 5.74) is 0. The average Bonchev–Trinajstić information content (AvgIpc) is 1.99. The van der Waals surface area contributed by atoms with Gasteiger partial charge in [0, 0.05) is 10.5 Å². The summed E-state index contributed by atoms with van der Waals surface area (Å²) < 4.78 is 0. The topological polar surface area (TPSA) is 0 Å². The molecule has 0 heterocycles. The summed E-state index contributed by atoms with van der Waals surface area (Å²) >= 11 is 8.67. The van der Waals surface area contributed by atoms with Crippen LogP contribution in [0, 0.1) is 0 Å². The van der Waals surface area contributed by atoms with Crippen molar-refractivity contribution < 1.29 is 0 Å². The summed E-state index contributed by atoms with van der Waals surface area (Å²) in [4.78, 5) is 0. The van der Waals surface area contributed by atoms with E-state index in [9.17, 15) is 0 Å². The van der Waals surface area contributed by atoms with Crippen molar-refractivity contribution in [1.29, 1.82) is 0 Å². The molecular weight excluding hydrogens is 160 g/mol. The molecule has 0 fully saturated rings. The highest BCUT2D eigenvalue weighted by molar-refractivity contribution is 7.81. The molecule has 0 aliphatic rings. The van der Waals surface area contributed by atoms with Crippen LogP contribution in [0.15, 0.2) is 12.7 Å². The Hall–Kier alpha value is 0.440. The summed E-state index contributed by atoms with van der Waals surface area (Å²) in [6.45, 7) is 5.81. The summed E-state index contributed by atoms with van der Waals surface area (Å²) in [7, 11) is 0. The van der Waals surface area contributed by atoms with E-state index < -0.39 is 0 Å². The van der Waals surface area contributed by atoms with Gasteiger partial charge in [0.25, 0.3) is 0 Å². The summed E-state index contributed by atoms with van der Waals surface area (Å²) in [5.74, 6) is 0. The lowest BCUT2D eigenvalue weighted by Crippen LogP contribution is -2.01. The molecule has 0 saturated heterocycles. The van der Waals surface area contributed by atoms with Crippen LogP contribution >= 0.6 is 25.3 Å². The molecule has 2 atom stereocenters. The van der Waals surface area contributed by atoms with Crippen molar-refractivity contribution in [2.24, 2.45) is 0 Å². The fourth-order valence-electron chi connectivity index (χ4n) is 0.685. The van der Waals surface area contributed by atoms with E-state index in [1.807, 2.05) is 6.08 Å². The molecule has 0 radical (unpaired) electrons. The van der Waals surface area contributed by atoms with Crippen molar-refractivity contribution in [2.75, 3.05) is 0 Å². The minimum absolute atomic E-state index is 0.348. The summed E-state index contributed by atoms with van der Waals surface area (Å²) in [5, 5.41) is 0.885. The number of rotatable bonds is 5. The van der Waals surface area contributed by atoms with E-state index in [2.05, 4.69) is 38.8 Å². The molecule has 0 aromatic heterocycles. The molecule has 0 amide bonds. The first kappa shape index (κ1) is 10.4. The van der Waals surface area contributed by atoms with Crippen LogP contribution in [0.5, 0.6) is 0 Å². The lowest BCUT2D eigenvalue weighted by Gasteiger charge is -2.08. The molecule has 0 aliphatic heterocycles. The molecule has 60 valence electrons. The molecule has 0 rings (SSSR count). The Bertz CT molecular complexity index is 91.3. The fourth-order valence-corrected chi connectivity index (χ4v) is 0.983. The zero-order valence-corrected chi connectivity index (χ0v) is 8.24. The second-order valence-corrected chi connectivity index (χ2v) is 3.84. The van der Waals surface area contributed by atoms with Gasteiger partial charge < -0.3 is 0 Å². The maximum absolute atomic E-state index is 4.38. The van der Waals surface area contributed by atoms with E-state index in [1.54, 1.807) is 0 Å². The highest BCUT2D eigenvalue weighted by Gasteiger charge is 2.02. The van der Waals surface area contributed by atoms with Crippen molar-refractivity contribution in [3.63, 3.8) is 0 Å². The maximum Gasteiger partial charge on any atom is 0.0194 e. The van der Waals surface area contributed by atoms with Crippen molar-refractivity contribution in [2.45, 2.75) is 36.7 Å². The molecule has 0 nitrogen and oxygen atoms in total. The van der Waals surface area contributed by atoms with E-state index in [4.69, 9.17) is 0 Å². The third-order valence-corrected chi connectivity index (χ3v) is 2.63. The molecule has 0 aliphatic carbocycles. The average molecular weight is 176 g/mol. The van der Waals surface area contributed by atoms with Gasteiger partial charge in [0.2, 0.25) is 0 Å². The van der Waals surface area contributed by atoms with Crippen molar-refractivity contribution in [3.8, 4) is 0 Å². The predicted molar refractivity (Wildman–Crippen MR) is 55.3 cm³/mol. The third kappa shape index (κ3) is 5.24. The van der Waals surface area contributed by atoms with Gasteiger partial charge in [0.1, 0.15) is 0 Å². The first-order chi connectivity index (χ1) is 4.70. The van der Waals surface area contributed by atoms with Gasteiger partial charge in [-0.2, -0.15) is 25.3 Å². The van der Waals surface area contributed by atoms with Crippen LogP contribution in [0.3, 0.4) is 0 Å². The Morgan fingerprint density at radius 2 is 2.00 bits per heavy atom. The Balaban J connectivity index is 3.25. The molecule has 10 heavy (non-hydrogen) atoms. The normalized spacial score (nSPS) is 16.3. The Morgan fingerprint density at radius 1 is 1.40 bits per heavy atom. The summed E-state index contributed by atoms with van der Waals surface area (Å²) in [6, 6.07) is 0. The lowest BCUT2D eigenvalue weighted by molar-refractivity contribution is 0.702. The highest BCUT2D eigenvalue weighted by atomic mass is 32.1. The fraction of sp³-hybridized carbons (Fsp3) is 0.750. The zero-order chi connectivity index (χ0) is 7.98. The highest BCUT2D eigenvalue weighted by Crippen LogP contribution is 2.13. The maximum atomic E-state index is 4.38. The molecule has 0 aromatic rings. The minimum Gasteiger partial charge on any atom is -0.176 e. The second-order valence-electron chi connectivity index (χ2n) is 2.44. The molecule has 0 aromatic carbocycles. The largest absolute Gasteiger partial charge is 0.176 e. The van der Waals surface area contributed by atoms with E-state index >= 15 is 0 Å². The van der Waals surface area contributed by atoms with Gasteiger partial charge in [-0.1, -0.05) is 13.0 Å². The Kier molecular flexibility index (Phi) is 6.44. The van der Waals surface area contributed by atoms with E-state index in [1.165, 1.54) is 0 Å². The van der Waals surface area contributed by atoms with Gasteiger partial charge in [-0.25, -0.2) is 0 Å². The lowest BCUT2D eigenvalue weighted by atomic mass is 10.1. The summed E-state index contributed by atoms with van der Waals surface area (Å²) in [6.07, 6.45) is 5.24. The number of thiol groups is 2. The Labute approximate surface area is 74.9 Å². The first-order valence-electron chi connectivity index (χ1n) is 3.69. The standard InChI is InChI=1S/C8H16S2/c1-3-7(9)5-6-8(10)4-2/h3,7-10H,1,4-6H2,2H3. The molecule has 0 saturated carbocycles. The van der Waals surface area contributed by atoms with Crippen LogP contribution in [-0.2, 0) is 0 Å². The van der Waals surface area contributed by atoms with Crippen molar-refractivity contribution in [3.05, 3.63) is 12.7 Å². The number of hydrogen-bond donors (Lipinski definition) is 2. The zero-order valence-electron chi connectivity index (χ0n) is 6.45. The van der Waals surface area contributed by atoms with Crippen molar-refractivity contribution >= 4 is 25.3 Å². The van der Waals surface area contributed by atoms with Crippen molar-refractivity contribution in [1.82, 2.24) is 0 Å². The van der Waals surface area contributed by atoms with Crippen LogP contribution in [0.4, 0.5) is 0 Å². The van der Waals surface area contributed by atoms with Gasteiger partial charge in [0.05, 0.1) is 0 Å². The van der Waals surface area contributed by atoms with Gasteiger partial charge >= 0.3 is 0 Å². The molecule has 0 spiro atoms. The third-order valence-electron chi connectivity index (χ3n) is 1.54.